The highest BCUT2D eigenvalue weighted by Crippen LogP contribution is 2.24. The molecule has 0 aliphatic heterocycles. The maximum absolute atomic E-state index is 11.9. The van der Waals surface area contributed by atoms with Crippen molar-refractivity contribution in [2.75, 3.05) is 0 Å². The van der Waals surface area contributed by atoms with Crippen LogP contribution < -0.4 is 25.5 Å². The van der Waals surface area contributed by atoms with Gasteiger partial charge in [-0.1, -0.05) is 60.7 Å². The van der Waals surface area contributed by atoms with Gasteiger partial charge in [-0.3, -0.25) is 0 Å². The average molecular weight is 372 g/mol. The summed E-state index contributed by atoms with van der Waals surface area (Å²) in [5.74, 6) is -0.976. The van der Waals surface area contributed by atoms with Gasteiger partial charge in [-0.15, -0.1) is 0 Å². The number of hydrogen-bond acceptors (Lipinski definition) is 3. The van der Waals surface area contributed by atoms with Crippen molar-refractivity contribution >= 4 is 5.97 Å². The average Bonchev–Trinajstić information content (AvgIpc) is 2.42. The van der Waals surface area contributed by atoms with Crippen LogP contribution in [0.25, 0.3) is 0 Å². The molecule has 100 valence electrons. The molecule has 4 nitrogen and oxygen atoms in total. The Hall–Kier alpha value is -1.44. The van der Waals surface area contributed by atoms with Crippen LogP contribution in [-0.2, 0) is 7.86 Å². The lowest BCUT2D eigenvalue weighted by Gasteiger charge is -2.12. The highest BCUT2D eigenvalue weighted by Gasteiger charge is 2.27. The van der Waals surface area contributed by atoms with Gasteiger partial charge in [0.15, 0.2) is 0 Å². The van der Waals surface area contributed by atoms with Crippen LogP contribution in [0, 0.1) is 0 Å². The first-order chi connectivity index (χ1) is 8.83. The first kappa shape index (κ1) is 15.6. The molecule has 0 spiro atoms. The molecular weight excluding hydrogens is 359 g/mol. The van der Waals surface area contributed by atoms with Crippen molar-refractivity contribution < 1.29 is 38.8 Å². The Morgan fingerprint density at radius 2 is 1.37 bits per heavy atom. The summed E-state index contributed by atoms with van der Waals surface area (Å²) in [7, 11) is 0. The number of hydrogen-bond donors (Lipinski definition) is 0. The molecule has 5 heteroatoms. The third kappa shape index (κ3) is 4.02. The summed E-state index contributed by atoms with van der Waals surface area (Å²) in [5, 5.41) is 0. The fourth-order valence-corrected chi connectivity index (χ4v) is 2.26. The normalized spacial score (nSPS) is 9.79. The van der Waals surface area contributed by atoms with Crippen LogP contribution in [0.3, 0.4) is 0 Å². The maximum Gasteiger partial charge on any atom is 0.517 e. The van der Waals surface area contributed by atoms with E-state index >= 15 is 0 Å². The Morgan fingerprint density at radius 3 is 1.74 bits per heavy atom. The molecule has 19 heavy (non-hydrogen) atoms. The molecule has 0 aliphatic carbocycles. The van der Waals surface area contributed by atoms with E-state index in [1.165, 1.54) is 0 Å². The van der Waals surface area contributed by atoms with Crippen LogP contribution in [0.5, 0.6) is 0 Å². The predicted octanol–water partition coefficient (Wildman–Crippen LogP) is -2.18. The Bertz CT molecular complexity index is 462. The van der Waals surface area contributed by atoms with Gasteiger partial charge in [0.05, 0.1) is 0 Å². The molecule has 0 bridgehead atoms. The van der Waals surface area contributed by atoms with Crippen LogP contribution in [0.2, 0.25) is 0 Å². The van der Waals surface area contributed by atoms with Gasteiger partial charge in [-0.2, -0.15) is 0 Å². The van der Waals surface area contributed by atoms with Gasteiger partial charge < -0.3 is 8.91 Å². The smallest absolute Gasteiger partial charge is 0.517 e. The predicted molar refractivity (Wildman–Crippen MR) is 64.4 cm³/mol. The molecule has 2 N–H and O–H groups in total. The summed E-state index contributed by atoms with van der Waals surface area (Å²) in [4.78, 5) is 11.9. The SMILES string of the molecule is O.O=C(O[I+][O-])C(c1ccccc1)c1ccccc1. The Kier molecular flexibility index (Phi) is 6.48. The topological polar surface area (TPSA) is 80.9 Å². The zero-order valence-electron chi connectivity index (χ0n) is 9.95. The lowest BCUT2D eigenvalue weighted by atomic mass is 9.92. The van der Waals surface area contributed by atoms with E-state index in [0.29, 0.717) is 0 Å². The van der Waals surface area contributed by atoms with E-state index in [4.69, 9.17) is 3.07 Å². The molecule has 2 aromatic carbocycles. The van der Waals surface area contributed by atoms with Crippen LogP contribution in [0.4, 0.5) is 0 Å². The van der Waals surface area contributed by atoms with Crippen molar-refractivity contribution in [3.63, 3.8) is 0 Å². The third-order valence-corrected chi connectivity index (χ3v) is 3.22. The standard InChI is InChI=1S/C14H11IO3.H2O/c16-14(18-15-17)13(11-7-3-1-4-8-11)12-9-5-2-6-10-12;/h1-10,13H;1H2. The molecule has 0 saturated carbocycles. The van der Waals surface area contributed by atoms with Crippen molar-refractivity contribution in [3.05, 3.63) is 71.8 Å². The summed E-state index contributed by atoms with van der Waals surface area (Å²) in [6.07, 6.45) is 0. The van der Waals surface area contributed by atoms with Gasteiger partial charge in [-0.25, -0.2) is 7.86 Å². The third-order valence-electron chi connectivity index (χ3n) is 2.61. The molecule has 0 saturated heterocycles. The van der Waals surface area contributed by atoms with Crippen LogP contribution in [0.15, 0.2) is 60.7 Å². The van der Waals surface area contributed by atoms with E-state index < -0.39 is 33.9 Å². The molecule has 0 aromatic heterocycles. The van der Waals surface area contributed by atoms with Crippen molar-refractivity contribution in [2.45, 2.75) is 5.92 Å². The van der Waals surface area contributed by atoms with E-state index in [1.807, 2.05) is 60.7 Å². The molecule has 2 aromatic rings. The van der Waals surface area contributed by atoms with Crippen molar-refractivity contribution in [3.8, 4) is 0 Å². The molecule has 0 fully saturated rings. The van der Waals surface area contributed by atoms with Gasteiger partial charge in [0.25, 0.3) is 0 Å². The van der Waals surface area contributed by atoms with Crippen molar-refractivity contribution in [2.24, 2.45) is 0 Å². The lowest BCUT2D eigenvalue weighted by Crippen LogP contribution is -3.70. The summed E-state index contributed by atoms with van der Waals surface area (Å²) in [5.41, 5.74) is 1.68. The maximum atomic E-state index is 11.9. The molecule has 0 atom stereocenters. The molecule has 2 rings (SSSR count). The largest absolute Gasteiger partial charge is 0.558 e. The van der Waals surface area contributed by atoms with Crippen LogP contribution in [0.1, 0.15) is 17.0 Å². The van der Waals surface area contributed by atoms with Gasteiger partial charge in [0.2, 0.25) is 0 Å². The zero-order chi connectivity index (χ0) is 12.8. The van der Waals surface area contributed by atoms with E-state index in [2.05, 4.69) is 0 Å². The molecule has 0 unspecified atom stereocenters. The second kappa shape index (κ2) is 7.88. The summed E-state index contributed by atoms with van der Waals surface area (Å²) in [6, 6.07) is 18.7. The minimum atomic E-state index is -1.75. The highest BCUT2D eigenvalue weighted by atomic mass is 127. The number of benzene rings is 2. The van der Waals surface area contributed by atoms with Crippen LogP contribution >= 0.6 is 0 Å². The number of carbonyl (C=O) groups is 1. The van der Waals surface area contributed by atoms with E-state index in [1.54, 1.807) is 0 Å². The Balaban J connectivity index is 0.00000180. The molecule has 0 radical (unpaired) electrons. The van der Waals surface area contributed by atoms with Crippen molar-refractivity contribution in [1.29, 1.82) is 0 Å². The number of carbonyl (C=O) groups excluding carboxylic acids is 1. The first-order valence-electron chi connectivity index (χ1n) is 5.40. The fraction of sp³-hybridized carbons (Fsp3) is 0.0714. The van der Waals surface area contributed by atoms with E-state index in [-0.39, 0.29) is 5.48 Å². The summed E-state index contributed by atoms with van der Waals surface area (Å²) in [6.45, 7) is 0. The molecular formula is C14H13IO4. The Labute approximate surface area is 122 Å². The van der Waals surface area contributed by atoms with Gasteiger partial charge in [-0.05, 0) is 11.1 Å². The quantitative estimate of drug-likeness (QED) is 0.573. The lowest BCUT2D eigenvalue weighted by molar-refractivity contribution is -1.26. The monoisotopic (exact) mass is 372 g/mol. The molecule has 0 aliphatic rings. The molecule has 0 heterocycles. The second-order valence-corrected chi connectivity index (χ2v) is 4.51. The van der Waals surface area contributed by atoms with Gasteiger partial charge >= 0.3 is 28.0 Å². The summed E-state index contributed by atoms with van der Waals surface area (Å²) >= 11 is -1.75. The van der Waals surface area contributed by atoms with Gasteiger partial charge in [0.1, 0.15) is 5.92 Å². The first-order valence-corrected chi connectivity index (χ1v) is 7.17. The highest BCUT2D eigenvalue weighted by molar-refractivity contribution is 5.81. The van der Waals surface area contributed by atoms with Crippen molar-refractivity contribution in [1.82, 2.24) is 0 Å². The Morgan fingerprint density at radius 1 is 0.947 bits per heavy atom. The van der Waals surface area contributed by atoms with Gasteiger partial charge in [0, 0.05) is 0 Å². The second-order valence-electron chi connectivity index (χ2n) is 3.71. The van der Waals surface area contributed by atoms with Crippen LogP contribution in [-0.4, -0.2) is 11.4 Å². The van der Waals surface area contributed by atoms with E-state index in [0.717, 1.165) is 11.1 Å². The zero-order valence-corrected chi connectivity index (χ0v) is 12.1. The number of rotatable bonds is 4. The summed E-state index contributed by atoms with van der Waals surface area (Å²) < 4.78 is 15.3. The fourth-order valence-electron chi connectivity index (χ4n) is 1.83. The minimum absolute atomic E-state index is 0. The van der Waals surface area contributed by atoms with E-state index in [9.17, 15) is 8.23 Å². The minimum Gasteiger partial charge on any atom is -0.558 e. The number of halogens is 1. The molecule has 0 amide bonds.